The van der Waals surface area contributed by atoms with Crippen molar-refractivity contribution in [2.45, 2.75) is 19.4 Å². The van der Waals surface area contributed by atoms with Gasteiger partial charge in [-0.1, -0.05) is 39.9 Å². The van der Waals surface area contributed by atoms with Crippen LogP contribution >= 0.6 is 15.9 Å². The van der Waals surface area contributed by atoms with Gasteiger partial charge in [0.2, 0.25) is 0 Å². The van der Waals surface area contributed by atoms with Gasteiger partial charge in [-0.25, -0.2) is 4.79 Å². The molecular weight excluding hydrogens is 384 g/mol. The fourth-order valence-corrected chi connectivity index (χ4v) is 2.11. The van der Waals surface area contributed by atoms with E-state index in [4.69, 9.17) is 4.74 Å². The second-order valence-corrected chi connectivity index (χ2v) is 6.81. The quantitative estimate of drug-likeness (QED) is 0.483. The van der Waals surface area contributed by atoms with Crippen LogP contribution in [0.1, 0.15) is 40.1 Å². The Morgan fingerprint density at radius 2 is 1.60 bits per heavy atom. The Morgan fingerprint density at radius 1 is 1.04 bits per heavy atom. The van der Waals surface area contributed by atoms with E-state index >= 15 is 0 Å². The zero-order valence-corrected chi connectivity index (χ0v) is 15.5. The SMILES string of the molecule is CC(C)(O)C#Cc1ccc(C(=O)OCC(=O)c2ccc(Br)cc2)cc1. The van der Waals surface area contributed by atoms with Crippen molar-refractivity contribution < 1.29 is 19.4 Å². The van der Waals surface area contributed by atoms with E-state index in [1.165, 1.54) is 0 Å². The minimum atomic E-state index is -1.08. The highest BCUT2D eigenvalue weighted by Gasteiger charge is 2.12. The monoisotopic (exact) mass is 400 g/mol. The number of rotatable bonds is 4. The van der Waals surface area contributed by atoms with Crippen molar-refractivity contribution in [1.82, 2.24) is 0 Å². The van der Waals surface area contributed by atoms with Gasteiger partial charge in [0.15, 0.2) is 12.4 Å². The van der Waals surface area contributed by atoms with Crippen molar-refractivity contribution >= 4 is 27.7 Å². The first-order valence-electron chi connectivity index (χ1n) is 7.56. The van der Waals surface area contributed by atoms with E-state index in [-0.39, 0.29) is 12.4 Å². The molecule has 4 nitrogen and oxygen atoms in total. The fourth-order valence-electron chi connectivity index (χ4n) is 1.85. The summed E-state index contributed by atoms with van der Waals surface area (Å²) in [5.41, 5.74) is 0.403. The van der Waals surface area contributed by atoms with Gasteiger partial charge in [-0.05, 0) is 50.2 Å². The fraction of sp³-hybridized carbons (Fsp3) is 0.200. The third-order valence-corrected chi connectivity index (χ3v) is 3.66. The number of aliphatic hydroxyl groups is 1. The van der Waals surface area contributed by atoms with Gasteiger partial charge >= 0.3 is 5.97 Å². The van der Waals surface area contributed by atoms with Crippen LogP contribution in [-0.4, -0.2) is 29.1 Å². The molecule has 0 aliphatic carbocycles. The smallest absolute Gasteiger partial charge is 0.338 e. The van der Waals surface area contributed by atoms with Crippen LogP contribution in [0.15, 0.2) is 53.0 Å². The third-order valence-electron chi connectivity index (χ3n) is 3.13. The Balaban J connectivity index is 1.95. The summed E-state index contributed by atoms with van der Waals surface area (Å²) in [5, 5.41) is 9.57. The Hall–Kier alpha value is -2.42. The van der Waals surface area contributed by atoms with Gasteiger partial charge in [0.25, 0.3) is 0 Å². The van der Waals surface area contributed by atoms with Crippen molar-refractivity contribution in [2.75, 3.05) is 6.61 Å². The van der Waals surface area contributed by atoms with E-state index in [0.29, 0.717) is 16.7 Å². The van der Waals surface area contributed by atoms with Gasteiger partial charge in [-0.15, -0.1) is 0 Å². The van der Waals surface area contributed by atoms with Crippen LogP contribution in [0, 0.1) is 11.8 Å². The summed E-state index contributed by atoms with van der Waals surface area (Å²) < 4.78 is 5.92. The predicted octanol–water partition coefficient (Wildman–Crippen LogP) is 3.61. The van der Waals surface area contributed by atoms with E-state index in [9.17, 15) is 14.7 Å². The number of Topliss-reactive ketones (excluding diaryl/α,β-unsaturated/α-hetero) is 1. The van der Waals surface area contributed by atoms with Gasteiger partial charge in [-0.3, -0.25) is 4.79 Å². The summed E-state index contributed by atoms with van der Waals surface area (Å²) in [6.07, 6.45) is 0. The molecular formula is C20H17BrO4. The number of esters is 1. The van der Waals surface area contributed by atoms with E-state index in [0.717, 1.165) is 4.47 Å². The number of hydrogen-bond donors (Lipinski definition) is 1. The maximum atomic E-state index is 12.0. The number of carbonyl (C=O) groups excluding carboxylic acids is 2. The van der Waals surface area contributed by atoms with Gasteiger partial charge < -0.3 is 9.84 Å². The van der Waals surface area contributed by atoms with Gasteiger partial charge in [-0.2, -0.15) is 0 Å². The molecule has 0 aliphatic heterocycles. The average Bonchev–Trinajstić information content (AvgIpc) is 2.58. The topological polar surface area (TPSA) is 63.6 Å². The lowest BCUT2D eigenvalue weighted by atomic mass is 10.1. The molecule has 0 aromatic heterocycles. The Bertz CT molecular complexity index is 819. The number of ketones is 1. The molecule has 0 saturated carbocycles. The first-order chi connectivity index (χ1) is 11.7. The largest absolute Gasteiger partial charge is 0.454 e. The Morgan fingerprint density at radius 3 is 2.16 bits per heavy atom. The first kappa shape index (κ1) is 18.9. The van der Waals surface area contributed by atoms with E-state index in [2.05, 4.69) is 27.8 Å². The normalized spacial score (nSPS) is 10.6. The van der Waals surface area contributed by atoms with Crippen molar-refractivity contribution in [1.29, 1.82) is 0 Å². The molecule has 0 aliphatic rings. The molecule has 0 spiro atoms. The molecule has 0 amide bonds. The summed E-state index contributed by atoms with van der Waals surface area (Å²) in [5.74, 6) is 4.66. The first-order valence-corrected chi connectivity index (χ1v) is 8.35. The van der Waals surface area contributed by atoms with Crippen LogP contribution < -0.4 is 0 Å². The summed E-state index contributed by atoms with van der Waals surface area (Å²) in [4.78, 5) is 24.0. The van der Waals surface area contributed by atoms with E-state index < -0.39 is 11.6 Å². The molecule has 1 N–H and O–H groups in total. The molecule has 0 atom stereocenters. The maximum absolute atomic E-state index is 12.0. The molecule has 128 valence electrons. The molecule has 0 bridgehead atoms. The highest BCUT2D eigenvalue weighted by Crippen LogP contribution is 2.12. The van der Waals surface area contributed by atoms with Gasteiger partial charge in [0.05, 0.1) is 5.56 Å². The zero-order chi connectivity index (χ0) is 18.4. The van der Waals surface area contributed by atoms with Crippen molar-refractivity contribution in [3.63, 3.8) is 0 Å². The second-order valence-electron chi connectivity index (χ2n) is 5.89. The molecule has 2 aromatic carbocycles. The third kappa shape index (κ3) is 6.18. The molecule has 0 unspecified atom stereocenters. The van der Waals surface area contributed by atoms with Crippen LogP contribution in [0.4, 0.5) is 0 Å². The Labute approximate surface area is 155 Å². The van der Waals surface area contributed by atoms with Crippen LogP contribution in [-0.2, 0) is 4.74 Å². The van der Waals surface area contributed by atoms with Gasteiger partial charge in [0.1, 0.15) is 5.60 Å². The second kappa shape index (κ2) is 8.11. The summed E-state index contributed by atoms with van der Waals surface area (Å²) in [7, 11) is 0. The average molecular weight is 401 g/mol. The van der Waals surface area contributed by atoms with Crippen molar-refractivity contribution in [3.05, 3.63) is 69.7 Å². The molecule has 25 heavy (non-hydrogen) atoms. The zero-order valence-electron chi connectivity index (χ0n) is 13.9. The molecule has 0 saturated heterocycles. The number of benzene rings is 2. The molecule has 0 fully saturated rings. The standard InChI is InChI=1S/C20H17BrO4/c1-20(2,24)12-11-14-3-5-16(6-4-14)19(23)25-13-18(22)15-7-9-17(21)10-8-15/h3-10,24H,13H2,1-2H3. The maximum Gasteiger partial charge on any atom is 0.338 e. The predicted molar refractivity (Wildman–Crippen MR) is 98.4 cm³/mol. The molecule has 2 rings (SSSR count). The Kier molecular flexibility index (Phi) is 6.13. The van der Waals surface area contributed by atoms with Crippen LogP contribution in [0.5, 0.6) is 0 Å². The van der Waals surface area contributed by atoms with Crippen LogP contribution in [0.2, 0.25) is 0 Å². The van der Waals surface area contributed by atoms with Gasteiger partial charge in [0, 0.05) is 15.6 Å². The lowest BCUT2D eigenvalue weighted by Crippen LogP contribution is -2.14. The highest BCUT2D eigenvalue weighted by atomic mass is 79.9. The number of carbonyl (C=O) groups is 2. The minimum absolute atomic E-state index is 0.270. The minimum Gasteiger partial charge on any atom is -0.454 e. The van der Waals surface area contributed by atoms with Crippen molar-refractivity contribution in [2.24, 2.45) is 0 Å². The van der Waals surface area contributed by atoms with Crippen LogP contribution in [0.25, 0.3) is 0 Å². The summed E-state index contributed by atoms with van der Waals surface area (Å²) in [6, 6.07) is 13.3. The van der Waals surface area contributed by atoms with E-state index in [1.54, 1.807) is 62.4 Å². The molecule has 5 heteroatoms. The highest BCUT2D eigenvalue weighted by molar-refractivity contribution is 9.10. The molecule has 0 radical (unpaired) electrons. The summed E-state index contributed by atoms with van der Waals surface area (Å²) >= 11 is 3.29. The lowest BCUT2D eigenvalue weighted by Gasteiger charge is -2.06. The van der Waals surface area contributed by atoms with Crippen molar-refractivity contribution in [3.8, 4) is 11.8 Å². The van der Waals surface area contributed by atoms with E-state index in [1.807, 2.05) is 0 Å². The summed E-state index contributed by atoms with van der Waals surface area (Å²) in [6.45, 7) is 2.86. The number of hydrogen-bond acceptors (Lipinski definition) is 4. The number of halogens is 1. The van der Waals surface area contributed by atoms with Crippen LogP contribution in [0.3, 0.4) is 0 Å². The number of ether oxygens (including phenoxy) is 1. The lowest BCUT2D eigenvalue weighted by molar-refractivity contribution is 0.0474. The molecule has 0 heterocycles. The molecule has 2 aromatic rings.